The van der Waals surface area contributed by atoms with Crippen molar-refractivity contribution in [3.63, 3.8) is 0 Å². The second-order valence-corrected chi connectivity index (χ2v) is 5.45. The number of hydrogen-bond donors (Lipinski definition) is 1. The lowest BCUT2D eigenvalue weighted by Crippen LogP contribution is -1.91. The molecule has 0 unspecified atom stereocenters. The van der Waals surface area contributed by atoms with Crippen LogP contribution in [0.4, 0.5) is 5.69 Å². The fourth-order valence-electron chi connectivity index (χ4n) is 1.12. The first-order chi connectivity index (χ1) is 7.65. The number of halogens is 2. The molecule has 82 valence electrons. The predicted octanol–water partition coefficient (Wildman–Crippen LogP) is 4.23. The number of benzene rings is 1. The molecule has 0 fully saturated rings. The van der Waals surface area contributed by atoms with E-state index in [0.29, 0.717) is 10.8 Å². The zero-order chi connectivity index (χ0) is 11.5. The van der Waals surface area contributed by atoms with Gasteiger partial charge in [0.2, 0.25) is 0 Å². The minimum atomic E-state index is 0.453. The van der Waals surface area contributed by atoms with Gasteiger partial charge in [0.15, 0.2) is 0 Å². The number of hydrogen-bond acceptors (Lipinski definition) is 3. The summed E-state index contributed by atoms with van der Waals surface area (Å²) >= 11 is 10.7. The van der Waals surface area contributed by atoms with Gasteiger partial charge in [-0.25, -0.2) is 4.98 Å². The zero-order valence-corrected chi connectivity index (χ0v) is 11.3. The summed E-state index contributed by atoms with van der Waals surface area (Å²) in [6.07, 6.45) is 0. The van der Waals surface area contributed by atoms with Crippen molar-refractivity contribution in [2.24, 2.45) is 0 Å². The summed E-state index contributed by atoms with van der Waals surface area (Å²) in [5.41, 5.74) is 6.45. The van der Waals surface area contributed by atoms with E-state index < -0.39 is 0 Å². The van der Waals surface area contributed by atoms with Crippen LogP contribution in [0.25, 0.3) is 0 Å². The van der Waals surface area contributed by atoms with Crippen molar-refractivity contribution in [3.05, 3.63) is 46.0 Å². The van der Waals surface area contributed by atoms with E-state index in [1.807, 2.05) is 24.3 Å². The van der Waals surface area contributed by atoms with E-state index in [0.717, 1.165) is 14.4 Å². The molecule has 16 heavy (non-hydrogen) atoms. The Morgan fingerprint density at radius 3 is 2.50 bits per heavy atom. The number of aromatic nitrogens is 1. The highest BCUT2D eigenvalue weighted by Gasteiger charge is 2.04. The topological polar surface area (TPSA) is 38.9 Å². The highest BCUT2D eigenvalue weighted by atomic mass is 79.9. The van der Waals surface area contributed by atoms with Crippen LogP contribution in [0.1, 0.15) is 0 Å². The molecule has 2 N–H and O–H groups in total. The lowest BCUT2D eigenvalue weighted by molar-refractivity contribution is 1.14. The van der Waals surface area contributed by atoms with Crippen LogP contribution < -0.4 is 5.73 Å². The molecule has 1 aromatic heterocycles. The van der Waals surface area contributed by atoms with Gasteiger partial charge < -0.3 is 5.73 Å². The highest BCUT2D eigenvalue weighted by molar-refractivity contribution is 9.10. The second-order valence-electron chi connectivity index (χ2n) is 3.08. The Hall–Kier alpha value is -0.710. The molecule has 0 aliphatic rings. The van der Waals surface area contributed by atoms with E-state index in [4.69, 9.17) is 17.3 Å². The first kappa shape index (κ1) is 11.8. The molecule has 5 heteroatoms. The molecule has 0 radical (unpaired) electrons. The smallest absolute Gasteiger partial charge is 0.130 e. The van der Waals surface area contributed by atoms with Crippen molar-refractivity contribution in [2.45, 2.75) is 9.92 Å². The Labute approximate surface area is 111 Å². The van der Waals surface area contributed by atoms with Crippen molar-refractivity contribution < 1.29 is 0 Å². The molecule has 1 heterocycles. The monoisotopic (exact) mass is 314 g/mol. The lowest BCUT2D eigenvalue weighted by atomic mass is 10.4. The van der Waals surface area contributed by atoms with Crippen LogP contribution in [-0.4, -0.2) is 4.98 Å². The Kier molecular flexibility index (Phi) is 3.74. The maximum Gasteiger partial charge on any atom is 0.130 e. The van der Waals surface area contributed by atoms with Gasteiger partial charge in [0.05, 0.1) is 5.69 Å². The summed E-state index contributed by atoms with van der Waals surface area (Å²) in [7, 11) is 0. The minimum absolute atomic E-state index is 0.453. The molecular formula is C11H8BrClN2S. The number of nitrogen functional groups attached to an aromatic ring is 1. The third-order valence-electron chi connectivity index (χ3n) is 1.88. The highest BCUT2D eigenvalue weighted by Crippen LogP contribution is 2.31. The molecule has 0 aliphatic carbocycles. The fourth-order valence-corrected chi connectivity index (χ4v) is 2.41. The van der Waals surface area contributed by atoms with Gasteiger partial charge in [-0.2, -0.15) is 0 Å². The predicted molar refractivity (Wildman–Crippen MR) is 71.9 cm³/mol. The third-order valence-corrected chi connectivity index (χ3v) is 3.65. The summed E-state index contributed by atoms with van der Waals surface area (Å²) in [5.74, 6) is 0. The van der Waals surface area contributed by atoms with Crippen molar-refractivity contribution in [1.29, 1.82) is 0 Å². The van der Waals surface area contributed by atoms with Gasteiger partial charge in [-0.1, -0.05) is 39.3 Å². The van der Waals surface area contributed by atoms with Gasteiger partial charge in [-0.05, 0) is 36.4 Å². The molecule has 0 atom stereocenters. The Morgan fingerprint density at radius 1 is 1.12 bits per heavy atom. The van der Waals surface area contributed by atoms with Crippen molar-refractivity contribution >= 4 is 45.0 Å². The van der Waals surface area contributed by atoms with E-state index in [-0.39, 0.29) is 0 Å². The molecule has 0 saturated heterocycles. The average Bonchev–Trinajstić information content (AvgIpc) is 2.27. The summed E-state index contributed by atoms with van der Waals surface area (Å²) in [4.78, 5) is 5.26. The minimum Gasteiger partial charge on any atom is -0.397 e. The standard InChI is InChI=1S/C11H8BrClN2S/c12-7-1-3-8(4-2-7)16-11-9(14)5-6-10(13)15-11/h1-6H,14H2. The second kappa shape index (κ2) is 5.08. The third kappa shape index (κ3) is 2.90. The van der Waals surface area contributed by atoms with Gasteiger partial charge in [0, 0.05) is 9.37 Å². The van der Waals surface area contributed by atoms with Gasteiger partial charge in [0.25, 0.3) is 0 Å². The molecular weight excluding hydrogens is 308 g/mol. The molecule has 0 spiro atoms. The largest absolute Gasteiger partial charge is 0.397 e. The van der Waals surface area contributed by atoms with Crippen LogP contribution in [0.3, 0.4) is 0 Å². The Balaban J connectivity index is 2.26. The van der Waals surface area contributed by atoms with E-state index in [2.05, 4.69) is 20.9 Å². The van der Waals surface area contributed by atoms with Crippen LogP contribution in [-0.2, 0) is 0 Å². The fraction of sp³-hybridized carbons (Fsp3) is 0. The van der Waals surface area contributed by atoms with E-state index >= 15 is 0 Å². The number of anilines is 1. The quantitative estimate of drug-likeness (QED) is 0.843. The van der Waals surface area contributed by atoms with Crippen molar-refractivity contribution in [1.82, 2.24) is 4.98 Å². The Morgan fingerprint density at radius 2 is 1.81 bits per heavy atom. The summed E-state index contributed by atoms with van der Waals surface area (Å²) < 4.78 is 1.05. The van der Waals surface area contributed by atoms with Crippen LogP contribution >= 0.6 is 39.3 Å². The maximum absolute atomic E-state index is 5.82. The number of nitrogens with zero attached hydrogens (tertiary/aromatic N) is 1. The number of pyridine rings is 1. The molecule has 1 aromatic carbocycles. The van der Waals surface area contributed by atoms with Crippen LogP contribution in [0, 0.1) is 0 Å². The lowest BCUT2D eigenvalue weighted by Gasteiger charge is -2.04. The molecule has 0 bridgehead atoms. The molecule has 2 rings (SSSR count). The first-order valence-corrected chi connectivity index (χ1v) is 6.49. The van der Waals surface area contributed by atoms with Crippen LogP contribution in [0.15, 0.2) is 50.8 Å². The molecule has 0 aliphatic heterocycles. The van der Waals surface area contributed by atoms with Crippen LogP contribution in [0.5, 0.6) is 0 Å². The molecule has 0 saturated carbocycles. The van der Waals surface area contributed by atoms with Crippen molar-refractivity contribution in [3.8, 4) is 0 Å². The zero-order valence-electron chi connectivity index (χ0n) is 8.15. The maximum atomic E-state index is 5.82. The SMILES string of the molecule is Nc1ccc(Cl)nc1Sc1ccc(Br)cc1. The first-order valence-electron chi connectivity index (χ1n) is 4.50. The van der Waals surface area contributed by atoms with E-state index in [1.165, 1.54) is 11.8 Å². The van der Waals surface area contributed by atoms with E-state index in [9.17, 15) is 0 Å². The van der Waals surface area contributed by atoms with Gasteiger partial charge in [-0.15, -0.1) is 0 Å². The van der Waals surface area contributed by atoms with Crippen LogP contribution in [0.2, 0.25) is 5.15 Å². The molecule has 2 aromatic rings. The van der Waals surface area contributed by atoms with Gasteiger partial charge in [0.1, 0.15) is 10.2 Å². The Bertz CT molecular complexity index is 502. The van der Waals surface area contributed by atoms with E-state index in [1.54, 1.807) is 12.1 Å². The normalized spacial score (nSPS) is 10.4. The molecule has 0 amide bonds. The average molecular weight is 316 g/mol. The van der Waals surface area contributed by atoms with Crippen molar-refractivity contribution in [2.75, 3.05) is 5.73 Å². The summed E-state index contributed by atoms with van der Waals surface area (Å²) in [5, 5.41) is 1.18. The van der Waals surface area contributed by atoms with Gasteiger partial charge >= 0.3 is 0 Å². The van der Waals surface area contributed by atoms with Gasteiger partial charge in [-0.3, -0.25) is 0 Å². The summed E-state index contributed by atoms with van der Waals surface area (Å²) in [6.45, 7) is 0. The number of nitrogens with two attached hydrogens (primary N) is 1. The number of rotatable bonds is 2. The molecule has 2 nitrogen and oxygen atoms in total. The summed E-state index contributed by atoms with van der Waals surface area (Å²) in [6, 6.07) is 11.4.